The maximum Gasteiger partial charge on any atom is 0.245 e. The molecule has 0 spiro atoms. The van der Waals surface area contributed by atoms with Gasteiger partial charge in [-0.3, -0.25) is 0 Å². The Morgan fingerprint density at radius 2 is 2.29 bits per heavy atom. The van der Waals surface area contributed by atoms with Gasteiger partial charge in [-0.15, -0.1) is 0 Å². The smallest absolute Gasteiger partial charge is 0.245 e. The van der Waals surface area contributed by atoms with Gasteiger partial charge in [0.25, 0.3) is 0 Å². The van der Waals surface area contributed by atoms with Crippen LogP contribution in [0.3, 0.4) is 0 Å². The zero-order valence-electron chi connectivity index (χ0n) is 12.6. The van der Waals surface area contributed by atoms with E-state index in [0.29, 0.717) is 24.1 Å². The molecular formula is C14H22N6O. The second-order valence-electron chi connectivity index (χ2n) is 5.44. The number of fused-ring (bicyclic) bond motifs is 1. The monoisotopic (exact) mass is 290 g/mol. The quantitative estimate of drug-likeness (QED) is 0.769. The maximum absolute atomic E-state index is 5.84. The Kier molecular flexibility index (Phi) is 4.19. The van der Waals surface area contributed by atoms with E-state index in [0.717, 1.165) is 31.1 Å². The van der Waals surface area contributed by atoms with Gasteiger partial charge in [0.05, 0.1) is 6.33 Å². The van der Waals surface area contributed by atoms with Crippen LogP contribution in [0.5, 0.6) is 5.88 Å². The van der Waals surface area contributed by atoms with Crippen molar-refractivity contribution in [2.24, 2.45) is 0 Å². The summed E-state index contributed by atoms with van der Waals surface area (Å²) in [6.45, 7) is 4.46. The van der Waals surface area contributed by atoms with Crippen LogP contribution >= 0.6 is 0 Å². The van der Waals surface area contributed by atoms with Crippen LogP contribution in [0.4, 0.5) is 5.95 Å². The molecule has 21 heavy (non-hydrogen) atoms. The fraction of sp³-hybridized carbons (Fsp3) is 0.643. The predicted octanol–water partition coefficient (Wildman–Crippen LogP) is 1.65. The largest absolute Gasteiger partial charge is 0.475 e. The number of nitrogens with zero attached hydrogens (tertiary/aromatic N) is 4. The third kappa shape index (κ3) is 3.41. The van der Waals surface area contributed by atoms with Gasteiger partial charge in [-0.1, -0.05) is 6.92 Å². The summed E-state index contributed by atoms with van der Waals surface area (Å²) in [7, 11) is 2.14. The molecule has 0 bridgehead atoms. The van der Waals surface area contributed by atoms with Crippen LogP contribution in [0.25, 0.3) is 11.2 Å². The van der Waals surface area contributed by atoms with Gasteiger partial charge in [0.15, 0.2) is 5.65 Å². The van der Waals surface area contributed by atoms with Crippen molar-refractivity contribution >= 4 is 17.1 Å². The Hall–Kier alpha value is -1.89. The Morgan fingerprint density at radius 3 is 3.05 bits per heavy atom. The normalized spacial score (nSPS) is 14.8. The molecule has 0 atom stereocenters. The molecule has 1 fully saturated rings. The number of imidazole rings is 1. The second-order valence-corrected chi connectivity index (χ2v) is 5.44. The molecular weight excluding hydrogens is 268 g/mol. The van der Waals surface area contributed by atoms with E-state index in [1.807, 2.05) is 0 Å². The molecule has 2 N–H and O–H groups in total. The van der Waals surface area contributed by atoms with E-state index in [1.54, 1.807) is 6.33 Å². The lowest BCUT2D eigenvalue weighted by Gasteiger charge is -2.15. The van der Waals surface area contributed by atoms with Gasteiger partial charge in [0.2, 0.25) is 11.8 Å². The summed E-state index contributed by atoms with van der Waals surface area (Å²) in [6, 6.07) is 0.743. The SMILES string of the molecule is CCCNc1nc(OCCN(C)C2CC2)c2[nH]cnc2n1. The summed E-state index contributed by atoms with van der Waals surface area (Å²) in [5.41, 5.74) is 1.39. The van der Waals surface area contributed by atoms with E-state index in [2.05, 4.69) is 44.1 Å². The summed E-state index contributed by atoms with van der Waals surface area (Å²) in [4.78, 5) is 18.4. The Morgan fingerprint density at radius 1 is 1.43 bits per heavy atom. The van der Waals surface area contributed by atoms with Crippen LogP contribution in [0.1, 0.15) is 26.2 Å². The summed E-state index contributed by atoms with van der Waals surface area (Å²) >= 11 is 0. The van der Waals surface area contributed by atoms with E-state index < -0.39 is 0 Å². The fourth-order valence-electron chi connectivity index (χ4n) is 2.21. The molecule has 0 unspecified atom stereocenters. The first kappa shape index (κ1) is 14.1. The number of rotatable bonds is 8. The number of hydrogen-bond acceptors (Lipinski definition) is 6. The van der Waals surface area contributed by atoms with Gasteiger partial charge >= 0.3 is 0 Å². The summed E-state index contributed by atoms with van der Waals surface area (Å²) in [5.74, 6) is 1.14. The minimum Gasteiger partial charge on any atom is -0.475 e. The Bertz CT molecular complexity index is 594. The standard InChI is InChI=1S/C14H22N6O/c1-3-6-15-14-18-12-11(16-9-17-12)13(19-14)21-8-7-20(2)10-4-5-10/h9-10H,3-8H2,1-2H3,(H2,15,16,17,18,19). The first-order valence-corrected chi connectivity index (χ1v) is 7.56. The molecule has 0 saturated heterocycles. The molecule has 0 aromatic carbocycles. The highest BCUT2D eigenvalue weighted by Crippen LogP contribution is 2.25. The lowest BCUT2D eigenvalue weighted by molar-refractivity contribution is 0.228. The lowest BCUT2D eigenvalue weighted by atomic mass is 10.5. The zero-order chi connectivity index (χ0) is 14.7. The third-order valence-electron chi connectivity index (χ3n) is 3.64. The van der Waals surface area contributed by atoms with Gasteiger partial charge in [0, 0.05) is 19.1 Å². The minimum atomic E-state index is 0.570. The van der Waals surface area contributed by atoms with Crippen molar-refractivity contribution in [3.8, 4) is 5.88 Å². The molecule has 2 aromatic rings. The maximum atomic E-state index is 5.84. The molecule has 2 aromatic heterocycles. The van der Waals surface area contributed by atoms with Crippen LogP contribution in [-0.4, -0.2) is 57.6 Å². The predicted molar refractivity (Wildman–Crippen MR) is 81.6 cm³/mol. The van der Waals surface area contributed by atoms with Gasteiger partial charge < -0.3 is 19.9 Å². The van der Waals surface area contributed by atoms with E-state index >= 15 is 0 Å². The van der Waals surface area contributed by atoms with Crippen molar-refractivity contribution < 1.29 is 4.74 Å². The van der Waals surface area contributed by atoms with Crippen molar-refractivity contribution in [1.29, 1.82) is 0 Å². The van der Waals surface area contributed by atoms with Crippen LogP contribution in [0, 0.1) is 0 Å². The zero-order valence-corrected chi connectivity index (χ0v) is 12.6. The van der Waals surface area contributed by atoms with Crippen LogP contribution in [-0.2, 0) is 0 Å². The summed E-state index contributed by atoms with van der Waals surface area (Å²) < 4.78 is 5.84. The number of hydrogen-bond donors (Lipinski definition) is 2. The van der Waals surface area contributed by atoms with Crippen molar-refractivity contribution in [2.75, 3.05) is 32.1 Å². The Labute approximate surface area is 124 Å². The highest BCUT2D eigenvalue weighted by molar-refractivity contribution is 5.76. The molecule has 0 amide bonds. The van der Waals surface area contributed by atoms with Crippen molar-refractivity contribution in [2.45, 2.75) is 32.2 Å². The van der Waals surface area contributed by atoms with Gasteiger partial charge in [-0.2, -0.15) is 9.97 Å². The topological polar surface area (TPSA) is 79.0 Å². The number of nitrogens with one attached hydrogen (secondary N) is 2. The number of H-pyrrole nitrogens is 1. The first-order valence-electron chi connectivity index (χ1n) is 7.56. The third-order valence-corrected chi connectivity index (χ3v) is 3.64. The summed E-state index contributed by atoms with van der Waals surface area (Å²) in [5, 5.41) is 3.18. The second kappa shape index (κ2) is 6.26. The van der Waals surface area contributed by atoms with E-state index in [1.165, 1.54) is 12.8 Å². The molecule has 1 saturated carbocycles. The molecule has 0 aliphatic heterocycles. The average Bonchev–Trinajstić information content (AvgIpc) is 3.23. The van der Waals surface area contributed by atoms with Gasteiger partial charge in [-0.25, -0.2) is 4.98 Å². The molecule has 3 rings (SSSR count). The average molecular weight is 290 g/mol. The van der Waals surface area contributed by atoms with Gasteiger partial charge in [-0.05, 0) is 26.3 Å². The van der Waals surface area contributed by atoms with Crippen LogP contribution in [0.2, 0.25) is 0 Å². The Balaban J connectivity index is 1.67. The van der Waals surface area contributed by atoms with Crippen molar-refractivity contribution in [3.63, 3.8) is 0 Å². The number of likely N-dealkylation sites (N-methyl/N-ethyl adjacent to an activating group) is 1. The highest BCUT2D eigenvalue weighted by atomic mass is 16.5. The van der Waals surface area contributed by atoms with Crippen LogP contribution < -0.4 is 10.1 Å². The fourth-order valence-corrected chi connectivity index (χ4v) is 2.21. The molecule has 1 aliphatic carbocycles. The number of ether oxygens (including phenoxy) is 1. The molecule has 2 heterocycles. The minimum absolute atomic E-state index is 0.570. The molecule has 114 valence electrons. The number of aromatic amines is 1. The molecule has 7 heteroatoms. The van der Waals surface area contributed by atoms with Crippen molar-refractivity contribution in [3.05, 3.63) is 6.33 Å². The van der Waals surface area contributed by atoms with E-state index in [4.69, 9.17) is 4.74 Å². The molecule has 1 aliphatic rings. The van der Waals surface area contributed by atoms with E-state index in [-0.39, 0.29) is 0 Å². The molecule has 0 radical (unpaired) electrons. The molecule has 7 nitrogen and oxygen atoms in total. The summed E-state index contributed by atoms with van der Waals surface area (Å²) in [6.07, 6.45) is 5.25. The number of aromatic nitrogens is 4. The first-order chi connectivity index (χ1) is 10.3. The van der Waals surface area contributed by atoms with Gasteiger partial charge in [0.1, 0.15) is 12.1 Å². The van der Waals surface area contributed by atoms with E-state index in [9.17, 15) is 0 Å². The highest BCUT2D eigenvalue weighted by Gasteiger charge is 2.25. The van der Waals surface area contributed by atoms with Crippen molar-refractivity contribution in [1.82, 2.24) is 24.8 Å². The lowest BCUT2D eigenvalue weighted by Crippen LogP contribution is -2.26. The van der Waals surface area contributed by atoms with Crippen LogP contribution in [0.15, 0.2) is 6.33 Å². The number of anilines is 1.